The number of carbonyl (C=O) groups is 2. The molecule has 1 aliphatic heterocycles. The lowest BCUT2D eigenvalue weighted by atomic mass is 10.00. The molecule has 1 aromatic carbocycles. The molecule has 4 nitrogen and oxygen atoms in total. The molecular formula is C19H26BrNO3S. The third-order valence-corrected chi connectivity index (χ3v) is 6.56. The van der Waals surface area contributed by atoms with Crippen molar-refractivity contribution in [1.29, 1.82) is 0 Å². The fraction of sp³-hybridized carbons (Fsp3) is 0.579. The number of carbonyl (C=O) groups excluding carboxylic acids is 2. The number of halogens is 1. The normalized spacial score (nSPS) is 17.4. The van der Waals surface area contributed by atoms with Crippen LogP contribution in [-0.2, 0) is 14.3 Å². The molecule has 0 aliphatic carbocycles. The maximum absolute atomic E-state index is 12.3. The molecule has 0 saturated carbocycles. The van der Waals surface area contributed by atoms with Crippen molar-refractivity contribution in [3.63, 3.8) is 0 Å². The highest BCUT2D eigenvalue weighted by Crippen LogP contribution is 2.28. The predicted octanol–water partition coefficient (Wildman–Crippen LogP) is 4.49. The zero-order valence-corrected chi connectivity index (χ0v) is 17.5. The maximum Gasteiger partial charge on any atom is 0.316 e. The van der Waals surface area contributed by atoms with E-state index in [9.17, 15) is 9.59 Å². The number of amides is 1. The summed E-state index contributed by atoms with van der Waals surface area (Å²) in [5.41, 5.74) is 2.25. The number of benzene rings is 1. The molecule has 1 aromatic rings. The summed E-state index contributed by atoms with van der Waals surface area (Å²) in [6.45, 7) is 6.77. The number of likely N-dealkylation sites (tertiary alicyclic amines) is 1. The predicted molar refractivity (Wildman–Crippen MR) is 105 cm³/mol. The Morgan fingerprint density at radius 3 is 2.76 bits per heavy atom. The Morgan fingerprint density at radius 1 is 1.28 bits per heavy atom. The largest absolute Gasteiger partial charge is 0.455 e. The van der Waals surface area contributed by atoms with Crippen molar-refractivity contribution in [2.24, 2.45) is 0 Å². The Bertz CT molecular complexity index is 635. The van der Waals surface area contributed by atoms with Crippen LogP contribution in [0.5, 0.6) is 0 Å². The number of rotatable bonds is 6. The van der Waals surface area contributed by atoms with Gasteiger partial charge in [0.1, 0.15) is 0 Å². The summed E-state index contributed by atoms with van der Waals surface area (Å²) >= 11 is 4.96. The molecule has 0 unspecified atom stereocenters. The lowest BCUT2D eigenvalue weighted by Crippen LogP contribution is -2.45. The number of piperidine rings is 1. The fourth-order valence-electron chi connectivity index (χ4n) is 3.07. The van der Waals surface area contributed by atoms with Gasteiger partial charge in [0, 0.05) is 22.0 Å². The van der Waals surface area contributed by atoms with Crippen LogP contribution in [0.25, 0.3) is 0 Å². The van der Waals surface area contributed by atoms with Gasteiger partial charge in [-0.2, -0.15) is 0 Å². The van der Waals surface area contributed by atoms with Crippen LogP contribution in [0.4, 0.5) is 0 Å². The van der Waals surface area contributed by atoms with E-state index in [-0.39, 0.29) is 24.2 Å². The summed E-state index contributed by atoms with van der Waals surface area (Å²) in [5, 5.41) is 0. The van der Waals surface area contributed by atoms with Gasteiger partial charge in [0.25, 0.3) is 5.91 Å². The van der Waals surface area contributed by atoms with Crippen LogP contribution >= 0.6 is 27.7 Å². The second-order valence-electron chi connectivity index (χ2n) is 6.46. The summed E-state index contributed by atoms with van der Waals surface area (Å²) in [6, 6.07) is 4.40. The van der Waals surface area contributed by atoms with E-state index in [4.69, 9.17) is 4.74 Å². The van der Waals surface area contributed by atoms with Gasteiger partial charge in [0.15, 0.2) is 6.61 Å². The number of hydrogen-bond donors (Lipinski definition) is 0. The molecule has 0 radical (unpaired) electrons. The summed E-state index contributed by atoms with van der Waals surface area (Å²) < 4.78 is 6.27. The van der Waals surface area contributed by atoms with Gasteiger partial charge >= 0.3 is 5.97 Å². The number of aryl methyl sites for hydroxylation is 2. The molecule has 1 fully saturated rings. The van der Waals surface area contributed by atoms with Gasteiger partial charge in [-0.05, 0) is 62.8 Å². The Kier molecular flexibility index (Phi) is 7.81. The number of esters is 1. The summed E-state index contributed by atoms with van der Waals surface area (Å²) in [6.07, 6.45) is 4.21. The summed E-state index contributed by atoms with van der Waals surface area (Å²) in [4.78, 5) is 27.3. The standard InChI is InChI=1S/C19H26BrNO3S/c1-4-15-7-5-6-8-21(15)18(22)11-24-19(23)12-25-17-10-13(2)16(20)9-14(17)3/h9-10,15H,4-8,11-12H2,1-3H3/t15-/m1/s1. The quantitative estimate of drug-likeness (QED) is 0.495. The smallest absolute Gasteiger partial charge is 0.316 e. The average Bonchev–Trinajstić information content (AvgIpc) is 2.61. The van der Waals surface area contributed by atoms with Gasteiger partial charge < -0.3 is 9.64 Å². The molecule has 0 spiro atoms. The molecule has 1 atom stereocenters. The number of thioether (sulfide) groups is 1. The minimum Gasteiger partial charge on any atom is -0.455 e. The maximum atomic E-state index is 12.3. The van der Waals surface area contributed by atoms with Gasteiger partial charge in [-0.25, -0.2) is 0 Å². The molecule has 0 aromatic heterocycles. The molecule has 1 aliphatic rings. The molecule has 1 heterocycles. The molecule has 1 amide bonds. The van der Waals surface area contributed by atoms with Crippen LogP contribution in [-0.4, -0.2) is 41.7 Å². The third kappa shape index (κ3) is 5.74. The zero-order chi connectivity index (χ0) is 18.4. The lowest BCUT2D eigenvalue weighted by Gasteiger charge is -2.35. The van der Waals surface area contributed by atoms with Crippen molar-refractivity contribution < 1.29 is 14.3 Å². The Labute approximate surface area is 162 Å². The van der Waals surface area contributed by atoms with Gasteiger partial charge in [-0.15, -0.1) is 11.8 Å². The molecule has 1 saturated heterocycles. The van der Waals surface area contributed by atoms with Crippen molar-refractivity contribution in [3.05, 3.63) is 27.7 Å². The van der Waals surface area contributed by atoms with Crippen LogP contribution in [0, 0.1) is 13.8 Å². The second kappa shape index (κ2) is 9.62. The number of ether oxygens (including phenoxy) is 1. The molecule has 0 N–H and O–H groups in total. The first-order valence-corrected chi connectivity index (χ1v) is 10.5. The summed E-state index contributed by atoms with van der Waals surface area (Å²) in [5.74, 6) is -0.198. The van der Waals surface area contributed by atoms with Crippen LogP contribution in [0.15, 0.2) is 21.5 Å². The van der Waals surface area contributed by atoms with E-state index in [0.29, 0.717) is 6.04 Å². The van der Waals surface area contributed by atoms with Gasteiger partial charge in [0.05, 0.1) is 5.75 Å². The molecule has 25 heavy (non-hydrogen) atoms. The molecule has 2 rings (SSSR count). The van der Waals surface area contributed by atoms with Crippen LogP contribution in [0.1, 0.15) is 43.7 Å². The Morgan fingerprint density at radius 2 is 2.04 bits per heavy atom. The van der Waals surface area contributed by atoms with Crippen LogP contribution in [0.2, 0.25) is 0 Å². The van der Waals surface area contributed by atoms with Crippen molar-refractivity contribution in [2.75, 3.05) is 18.9 Å². The summed E-state index contributed by atoms with van der Waals surface area (Å²) in [7, 11) is 0. The minimum absolute atomic E-state index is 0.0689. The first-order chi connectivity index (χ1) is 11.9. The molecule has 6 heteroatoms. The van der Waals surface area contributed by atoms with Gasteiger partial charge in [-0.3, -0.25) is 9.59 Å². The first kappa shape index (κ1) is 20.3. The monoisotopic (exact) mass is 427 g/mol. The molecular weight excluding hydrogens is 402 g/mol. The number of hydrogen-bond acceptors (Lipinski definition) is 4. The zero-order valence-electron chi connectivity index (χ0n) is 15.1. The van der Waals surface area contributed by atoms with Crippen molar-refractivity contribution in [2.45, 2.75) is 57.4 Å². The highest BCUT2D eigenvalue weighted by Gasteiger charge is 2.25. The second-order valence-corrected chi connectivity index (χ2v) is 8.33. The average molecular weight is 428 g/mol. The number of nitrogens with zero attached hydrogens (tertiary/aromatic N) is 1. The van der Waals surface area contributed by atoms with Crippen molar-refractivity contribution in [1.82, 2.24) is 4.90 Å². The minimum atomic E-state index is -0.344. The van der Waals surface area contributed by atoms with Gasteiger partial charge in [0.2, 0.25) is 0 Å². The van der Waals surface area contributed by atoms with Crippen molar-refractivity contribution >= 4 is 39.6 Å². The highest BCUT2D eigenvalue weighted by molar-refractivity contribution is 9.10. The molecule has 138 valence electrons. The van der Waals surface area contributed by atoms with Crippen LogP contribution in [0.3, 0.4) is 0 Å². The van der Waals surface area contributed by atoms with E-state index < -0.39 is 0 Å². The van der Waals surface area contributed by atoms with E-state index in [2.05, 4.69) is 28.9 Å². The Balaban J connectivity index is 1.80. The Hall–Kier alpha value is -1.01. The van der Waals surface area contributed by atoms with Crippen LogP contribution < -0.4 is 0 Å². The highest BCUT2D eigenvalue weighted by atomic mass is 79.9. The topological polar surface area (TPSA) is 46.6 Å². The van der Waals surface area contributed by atoms with E-state index in [1.54, 1.807) is 0 Å². The van der Waals surface area contributed by atoms with E-state index in [1.807, 2.05) is 24.8 Å². The van der Waals surface area contributed by atoms with E-state index in [0.717, 1.165) is 46.3 Å². The van der Waals surface area contributed by atoms with Crippen molar-refractivity contribution in [3.8, 4) is 0 Å². The molecule has 0 bridgehead atoms. The van der Waals surface area contributed by atoms with Gasteiger partial charge in [-0.1, -0.05) is 22.9 Å². The fourth-order valence-corrected chi connectivity index (χ4v) is 4.43. The van der Waals surface area contributed by atoms with E-state index in [1.165, 1.54) is 18.2 Å². The van der Waals surface area contributed by atoms with E-state index >= 15 is 0 Å². The first-order valence-electron chi connectivity index (χ1n) is 8.77. The third-order valence-electron chi connectivity index (χ3n) is 4.58. The SMILES string of the molecule is CC[C@@H]1CCCCN1C(=O)COC(=O)CSc1cc(C)c(Br)cc1C. The lowest BCUT2D eigenvalue weighted by molar-refractivity contribution is -0.151.